The van der Waals surface area contributed by atoms with Gasteiger partial charge in [-0.2, -0.15) is 5.10 Å². The molecule has 180 valence electrons. The lowest BCUT2D eigenvalue weighted by Gasteiger charge is -2.32. The zero-order valence-corrected chi connectivity index (χ0v) is 19.8. The Morgan fingerprint density at radius 2 is 1.71 bits per heavy atom. The topological polar surface area (TPSA) is 66.3 Å². The highest BCUT2D eigenvalue weighted by atomic mass is 19.1. The largest absolute Gasteiger partial charge is 0.357 e. The van der Waals surface area contributed by atoms with E-state index in [9.17, 15) is 9.18 Å². The number of benzene rings is 1. The molecule has 3 aromatic rings. The van der Waals surface area contributed by atoms with E-state index in [-0.39, 0.29) is 17.8 Å². The molecular weight excluding hydrogens is 431 g/mol. The number of pyridine rings is 1. The summed E-state index contributed by atoms with van der Waals surface area (Å²) >= 11 is 0. The minimum atomic E-state index is -0.208. The number of rotatable bonds is 5. The number of hydrogen-bond acceptors (Lipinski definition) is 5. The van der Waals surface area contributed by atoms with Crippen molar-refractivity contribution in [3.05, 3.63) is 53.5 Å². The monoisotopic (exact) mass is 464 g/mol. The number of carbonyl (C=O) groups is 1. The predicted octanol–water partition coefficient (Wildman–Crippen LogP) is 3.88. The lowest BCUT2D eigenvalue weighted by Crippen LogP contribution is -2.44. The minimum absolute atomic E-state index is 0.123. The molecule has 0 aliphatic carbocycles. The molecule has 1 amide bonds. The van der Waals surface area contributed by atoms with Gasteiger partial charge in [0.05, 0.1) is 5.39 Å². The highest BCUT2D eigenvalue weighted by molar-refractivity contribution is 6.04. The second-order valence-corrected chi connectivity index (χ2v) is 9.56. The SMILES string of the molecule is Cn1nc(C(=O)NC2CCN(Cc3ccc(F)cc3)CC2)c2ccc(N3CCCCCC3)nc21. The molecule has 2 aromatic heterocycles. The van der Waals surface area contributed by atoms with Gasteiger partial charge in [-0.25, -0.2) is 14.1 Å². The second-order valence-electron chi connectivity index (χ2n) is 9.56. The lowest BCUT2D eigenvalue weighted by atomic mass is 10.0. The van der Waals surface area contributed by atoms with Crippen molar-refractivity contribution in [3.63, 3.8) is 0 Å². The van der Waals surface area contributed by atoms with Gasteiger partial charge in [-0.3, -0.25) is 9.69 Å². The van der Waals surface area contributed by atoms with Gasteiger partial charge in [0, 0.05) is 45.8 Å². The number of likely N-dealkylation sites (tertiary alicyclic amines) is 1. The number of piperidine rings is 1. The average molecular weight is 465 g/mol. The van der Waals surface area contributed by atoms with Crippen LogP contribution in [-0.4, -0.2) is 57.8 Å². The van der Waals surface area contributed by atoms with E-state index in [1.54, 1.807) is 4.68 Å². The summed E-state index contributed by atoms with van der Waals surface area (Å²) in [4.78, 5) is 22.7. The average Bonchev–Trinajstić information content (AvgIpc) is 3.01. The van der Waals surface area contributed by atoms with Crippen LogP contribution in [0.15, 0.2) is 36.4 Å². The first-order valence-electron chi connectivity index (χ1n) is 12.4. The molecule has 0 spiro atoms. The number of fused-ring (bicyclic) bond motifs is 1. The third kappa shape index (κ3) is 5.06. The first-order chi connectivity index (χ1) is 16.6. The molecule has 0 unspecified atom stereocenters. The highest BCUT2D eigenvalue weighted by Gasteiger charge is 2.24. The summed E-state index contributed by atoms with van der Waals surface area (Å²) in [5, 5.41) is 8.51. The molecule has 34 heavy (non-hydrogen) atoms. The van der Waals surface area contributed by atoms with E-state index in [2.05, 4.69) is 20.2 Å². The molecule has 2 fully saturated rings. The standard InChI is InChI=1S/C26H33FN6O/c1-31-25-22(10-11-23(29-25)33-14-4-2-3-5-15-33)24(30-31)26(34)28-21-12-16-32(17-13-21)18-19-6-8-20(27)9-7-19/h6-11,21H,2-5,12-18H2,1H3,(H,28,34). The van der Waals surface area contributed by atoms with Crippen molar-refractivity contribution in [1.29, 1.82) is 0 Å². The number of aromatic nitrogens is 3. The molecular formula is C26H33FN6O. The first kappa shape index (κ1) is 22.8. The van der Waals surface area contributed by atoms with Gasteiger partial charge in [0.15, 0.2) is 11.3 Å². The van der Waals surface area contributed by atoms with Crippen LogP contribution in [0.25, 0.3) is 11.0 Å². The predicted molar refractivity (Wildman–Crippen MR) is 131 cm³/mol. The Hall–Kier alpha value is -3.00. The quantitative estimate of drug-likeness (QED) is 0.621. The molecule has 0 bridgehead atoms. The fourth-order valence-corrected chi connectivity index (χ4v) is 5.10. The minimum Gasteiger partial charge on any atom is -0.357 e. The number of anilines is 1. The number of aryl methyl sites for hydroxylation is 1. The maximum Gasteiger partial charge on any atom is 0.272 e. The van der Waals surface area contributed by atoms with Gasteiger partial charge in [0.2, 0.25) is 0 Å². The maximum atomic E-state index is 13.1. The Labute approximate surface area is 199 Å². The van der Waals surface area contributed by atoms with E-state index in [0.717, 1.165) is 68.0 Å². The summed E-state index contributed by atoms with van der Waals surface area (Å²) in [7, 11) is 1.85. The number of carbonyl (C=O) groups excluding carboxylic acids is 1. The Kier molecular flexibility index (Phi) is 6.76. The van der Waals surface area contributed by atoms with Gasteiger partial charge in [-0.15, -0.1) is 0 Å². The number of halogens is 1. The third-order valence-corrected chi connectivity index (χ3v) is 7.06. The maximum absolute atomic E-state index is 13.1. The van der Waals surface area contributed by atoms with Crippen molar-refractivity contribution >= 4 is 22.8 Å². The van der Waals surface area contributed by atoms with Crippen LogP contribution in [0.5, 0.6) is 0 Å². The zero-order valence-electron chi connectivity index (χ0n) is 19.8. The second kappa shape index (κ2) is 10.1. The number of hydrogen-bond donors (Lipinski definition) is 1. The summed E-state index contributed by atoms with van der Waals surface area (Å²) in [6.07, 6.45) is 6.72. The van der Waals surface area contributed by atoms with Gasteiger partial charge >= 0.3 is 0 Å². The summed E-state index contributed by atoms with van der Waals surface area (Å²) in [6.45, 7) is 4.65. The Balaban J connectivity index is 1.21. The molecule has 0 saturated carbocycles. The normalized spacial score (nSPS) is 18.2. The molecule has 5 rings (SSSR count). The van der Waals surface area contributed by atoms with Gasteiger partial charge < -0.3 is 10.2 Å². The molecule has 2 saturated heterocycles. The van der Waals surface area contributed by atoms with Gasteiger partial charge in [-0.1, -0.05) is 25.0 Å². The van der Waals surface area contributed by atoms with Crippen molar-refractivity contribution in [3.8, 4) is 0 Å². The Morgan fingerprint density at radius 3 is 2.41 bits per heavy atom. The molecule has 0 atom stereocenters. The van der Waals surface area contributed by atoms with E-state index in [1.807, 2.05) is 31.3 Å². The van der Waals surface area contributed by atoms with E-state index < -0.39 is 0 Å². The van der Waals surface area contributed by atoms with Crippen molar-refractivity contribution in [2.75, 3.05) is 31.1 Å². The van der Waals surface area contributed by atoms with Crippen molar-refractivity contribution in [2.24, 2.45) is 7.05 Å². The molecule has 0 radical (unpaired) electrons. The van der Waals surface area contributed by atoms with Crippen LogP contribution in [0.3, 0.4) is 0 Å². The zero-order chi connectivity index (χ0) is 23.5. The van der Waals surface area contributed by atoms with E-state index in [4.69, 9.17) is 4.98 Å². The molecule has 7 nitrogen and oxygen atoms in total. The van der Waals surface area contributed by atoms with Crippen LogP contribution in [0.1, 0.15) is 54.6 Å². The number of amides is 1. The summed E-state index contributed by atoms with van der Waals surface area (Å²) in [5.41, 5.74) is 2.30. The van der Waals surface area contributed by atoms with Crippen LogP contribution in [-0.2, 0) is 13.6 Å². The lowest BCUT2D eigenvalue weighted by molar-refractivity contribution is 0.0904. The van der Waals surface area contributed by atoms with Crippen molar-refractivity contribution in [1.82, 2.24) is 25.0 Å². The van der Waals surface area contributed by atoms with E-state index in [0.29, 0.717) is 5.69 Å². The van der Waals surface area contributed by atoms with E-state index in [1.165, 1.54) is 37.8 Å². The molecule has 1 N–H and O–H groups in total. The summed E-state index contributed by atoms with van der Waals surface area (Å²) in [6, 6.07) is 10.8. The Bertz CT molecular complexity index is 1130. The van der Waals surface area contributed by atoms with Crippen molar-refractivity contribution in [2.45, 2.75) is 51.1 Å². The van der Waals surface area contributed by atoms with Crippen LogP contribution in [0.4, 0.5) is 10.2 Å². The molecule has 2 aliphatic heterocycles. The molecule has 4 heterocycles. The molecule has 2 aliphatic rings. The van der Waals surface area contributed by atoms with Crippen LogP contribution >= 0.6 is 0 Å². The first-order valence-corrected chi connectivity index (χ1v) is 12.4. The fraction of sp³-hybridized carbons (Fsp3) is 0.500. The summed E-state index contributed by atoms with van der Waals surface area (Å²) in [5.74, 6) is 0.630. The fourth-order valence-electron chi connectivity index (χ4n) is 5.10. The van der Waals surface area contributed by atoms with E-state index >= 15 is 0 Å². The number of nitrogens with zero attached hydrogens (tertiary/aromatic N) is 5. The smallest absolute Gasteiger partial charge is 0.272 e. The Morgan fingerprint density at radius 1 is 1.00 bits per heavy atom. The molecule has 8 heteroatoms. The summed E-state index contributed by atoms with van der Waals surface area (Å²) < 4.78 is 14.8. The van der Waals surface area contributed by atoms with Gasteiger partial charge in [0.25, 0.3) is 5.91 Å². The van der Waals surface area contributed by atoms with Crippen molar-refractivity contribution < 1.29 is 9.18 Å². The number of nitrogens with one attached hydrogen (secondary N) is 1. The van der Waals surface area contributed by atoms with Crippen LogP contribution in [0, 0.1) is 5.82 Å². The van der Waals surface area contributed by atoms with Gasteiger partial charge in [-0.05, 0) is 55.5 Å². The van der Waals surface area contributed by atoms with Crippen LogP contribution < -0.4 is 10.2 Å². The molecule has 1 aromatic carbocycles. The van der Waals surface area contributed by atoms with Crippen LogP contribution in [0.2, 0.25) is 0 Å². The van der Waals surface area contributed by atoms with Gasteiger partial charge in [0.1, 0.15) is 11.6 Å². The highest BCUT2D eigenvalue weighted by Crippen LogP contribution is 2.24. The third-order valence-electron chi connectivity index (χ3n) is 7.06.